The van der Waals surface area contributed by atoms with Crippen molar-refractivity contribution >= 4 is 16.8 Å². The van der Waals surface area contributed by atoms with E-state index in [1.807, 2.05) is 64.1 Å². The van der Waals surface area contributed by atoms with Crippen LogP contribution in [0.15, 0.2) is 58.1 Å². The quantitative estimate of drug-likeness (QED) is 0.653. The van der Waals surface area contributed by atoms with Gasteiger partial charge in [0.2, 0.25) is 5.91 Å². The fourth-order valence-electron chi connectivity index (χ4n) is 3.61. The molecule has 0 fully saturated rings. The van der Waals surface area contributed by atoms with Gasteiger partial charge in [-0.15, -0.1) is 0 Å². The molecule has 0 aliphatic carbocycles. The minimum atomic E-state index is -0.691. The third-order valence-electron chi connectivity index (χ3n) is 5.19. The molecule has 3 rings (SSSR count). The Kier molecular flexibility index (Phi) is 6.55. The molecule has 0 radical (unpaired) electrons. The van der Waals surface area contributed by atoms with Crippen molar-refractivity contribution in [3.63, 3.8) is 0 Å². The number of amides is 1. The third kappa shape index (κ3) is 4.37. The Bertz CT molecular complexity index is 1160. The first-order valence-electron chi connectivity index (χ1n) is 10.4. The average molecular weight is 408 g/mol. The van der Waals surface area contributed by atoms with Gasteiger partial charge in [0, 0.05) is 6.54 Å². The summed E-state index contributed by atoms with van der Waals surface area (Å²) in [5.41, 5.74) is 1.47. The summed E-state index contributed by atoms with van der Waals surface area (Å²) in [5.74, 6) is 0.0923. The zero-order valence-corrected chi connectivity index (χ0v) is 18.0. The van der Waals surface area contributed by atoms with Crippen LogP contribution in [0, 0.1) is 12.8 Å². The second kappa shape index (κ2) is 9.11. The van der Waals surface area contributed by atoms with Gasteiger partial charge in [-0.25, -0.2) is 4.79 Å². The number of carbonyl (C=O) groups excluding carboxylic acids is 1. The molecular weight excluding hydrogens is 378 g/mol. The summed E-state index contributed by atoms with van der Waals surface area (Å²) in [6.45, 7) is 8.51. The molecule has 0 aliphatic rings. The van der Waals surface area contributed by atoms with E-state index >= 15 is 0 Å². The molecule has 1 aromatic heterocycles. The summed E-state index contributed by atoms with van der Waals surface area (Å²) in [6.07, 6.45) is 0.441. The van der Waals surface area contributed by atoms with Crippen molar-refractivity contribution in [1.29, 1.82) is 0 Å². The first-order chi connectivity index (χ1) is 14.3. The highest BCUT2D eigenvalue weighted by atomic mass is 16.2. The molecule has 30 heavy (non-hydrogen) atoms. The van der Waals surface area contributed by atoms with E-state index in [0.29, 0.717) is 29.8 Å². The van der Waals surface area contributed by atoms with E-state index in [0.717, 1.165) is 11.1 Å². The molecule has 0 saturated heterocycles. The molecule has 1 atom stereocenters. The van der Waals surface area contributed by atoms with Crippen molar-refractivity contribution in [2.24, 2.45) is 5.92 Å². The Morgan fingerprint density at radius 2 is 1.77 bits per heavy atom. The molecule has 2 aromatic carbocycles. The zero-order valence-electron chi connectivity index (χ0n) is 18.0. The Hall–Kier alpha value is -3.15. The van der Waals surface area contributed by atoms with Gasteiger partial charge in [-0.05, 0) is 37.0 Å². The summed E-state index contributed by atoms with van der Waals surface area (Å²) >= 11 is 0. The SMILES string of the molecule is CCC(C(=O)NCC(C)C)n1c(=O)n(Cc2ccccc2)c(=O)c2cc(C)ccc21. The normalized spacial score (nSPS) is 12.3. The average Bonchev–Trinajstić information content (AvgIpc) is 2.73. The van der Waals surface area contributed by atoms with Gasteiger partial charge in [0.25, 0.3) is 5.56 Å². The van der Waals surface area contributed by atoms with Crippen LogP contribution in [0.1, 0.15) is 44.4 Å². The number of hydrogen-bond acceptors (Lipinski definition) is 3. The van der Waals surface area contributed by atoms with Crippen molar-refractivity contribution in [1.82, 2.24) is 14.5 Å². The molecule has 1 N–H and O–H groups in total. The molecule has 6 heteroatoms. The zero-order chi connectivity index (χ0) is 21.8. The number of aryl methyl sites for hydroxylation is 1. The van der Waals surface area contributed by atoms with E-state index in [1.54, 1.807) is 12.1 Å². The molecule has 0 bridgehead atoms. The fraction of sp³-hybridized carbons (Fsp3) is 0.375. The minimum absolute atomic E-state index is 0.159. The molecule has 6 nitrogen and oxygen atoms in total. The van der Waals surface area contributed by atoms with Gasteiger partial charge in [-0.1, -0.05) is 62.7 Å². The van der Waals surface area contributed by atoms with Crippen LogP contribution >= 0.6 is 0 Å². The van der Waals surface area contributed by atoms with Crippen LogP contribution in [0.25, 0.3) is 10.9 Å². The lowest BCUT2D eigenvalue weighted by Crippen LogP contribution is -2.45. The molecule has 158 valence electrons. The number of benzene rings is 2. The van der Waals surface area contributed by atoms with Crippen LogP contribution in [0.2, 0.25) is 0 Å². The Morgan fingerprint density at radius 1 is 1.07 bits per heavy atom. The summed E-state index contributed by atoms with van der Waals surface area (Å²) < 4.78 is 2.71. The maximum atomic E-state index is 13.5. The van der Waals surface area contributed by atoms with Crippen molar-refractivity contribution in [3.8, 4) is 0 Å². The van der Waals surface area contributed by atoms with Crippen LogP contribution in [0.4, 0.5) is 0 Å². The number of carbonyl (C=O) groups is 1. The van der Waals surface area contributed by atoms with E-state index in [-0.39, 0.29) is 18.0 Å². The van der Waals surface area contributed by atoms with E-state index in [2.05, 4.69) is 5.32 Å². The highest BCUT2D eigenvalue weighted by Gasteiger charge is 2.24. The Morgan fingerprint density at radius 3 is 2.40 bits per heavy atom. The van der Waals surface area contributed by atoms with Gasteiger partial charge < -0.3 is 5.32 Å². The molecule has 1 amide bonds. The number of fused-ring (bicyclic) bond motifs is 1. The molecular formula is C24H29N3O3. The lowest BCUT2D eigenvalue weighted by atomic mass is 10.1. The number of aromatic nitrogens is 2. The molecule has 0 spiro atoms. The monoisotopic (exact) mass is 407 g/mol. The summed E-state index contributed by atoms with van der Waals surface area (Å²) in [5, 5.41) is 3.38. The topological polar surface area (TPSA) is 73.1 Å². The van der Waals surface area contributed by atoms with Crippen LogP contribution in [-0.4, -0.2) is 21.6 Å². The van der Waals surface area contributed by atoms with Gasteiger partial charge in [0.05, 0.1) is 17.4 Å². The fourth-order valence-corrected chi connectivity index (χ4v) is 3.61. The Labute approximate surface area is 176 Å². The van der Waals surface area contributed by atoms with Gasteiger partial charge in [0.1, 0.15) is 6.04 Å². The number of nitrogens with zero attached hydrogens (tertiary/aromatic N) is 2. The molecule has 1 unspecified atom stereocenters. The summed E-state index contributed by atoms with van der Waals surface area (Å²) in [7, 11) is 0. The smallest absolute Gasteiger partial charge is 0.332 e. The predicted molar refractivity (Wildman–Crippen MR) is 120 cm³/mol. The standard InChI is InChI=1S/C24H29N3O3/c1-5-20(22(28)25-14-16(2)3)27-21-12-11-17(4)13-19(21)23(29)26(24(27)30)15-18-9-7-6-8-10-18/h6-13,16,20H,5,14-15H2,1-4H3,(H,25,28). The molecule has 3 aromatic rings. The number of rotatable bonds is 7. The first-order valence-corrected chi connectivity index (χ1v) is 10.4. The van der Waals surface area contributed by atoms with Crippen LogP contribution in [0.5, 0.6) is 0 Å². The summed E-state index contributed by atoms with van der Waals surface area (Å²) in [4.78, 5) is 39.6. The maximum Gasteiger partial charge on any atom is 0.332 e. The highest BCUT2D eigenvalue weighted by molar-refractivity contribution is 5.84. The molecule has 0 saturated carbocycles. The van der Waals surface area contributed by atoms with E-state index in [4.69, 9.17) is 0 Å². The summed E-state index contributed by atoms with van der Waals surface area (Å²) in [6, 6.07) is 14.1. The molecule has 1 heterocycles. The van der Waals surface area contributed by atoms with Crippen molar-refractivity contribution in [2.45, 2.75) is 46.7 Å². The predicted octanol–water partition coefficient (Wildman–Crippen LogP) is 3.24. The van der Waals surface area contributed by atoms with Gasteiger partial charge in [-0.3, -0.25) is 18.7 Å². The van der Waals surface area contributed by atoms with E-state index in [9.17, 15) is 14.4 Å². The highest BCUT2D eigenvalue weighted by Crippen LogP contribution is 2.18. The number of hydrogen-bond donors (Lipinski definition) is 1. The molecule has 0 aliphatic heterocycles. The lowest BCUT2D eigenvalue weighted by Gasteiger charge is -2.22. The largest absolute Gasteiger partial charge is 0.354 e. The van der Waals surface area contributed by atoms with Crippen LogP contribution < -0.4 is 16.6 Å². The van der Waals surface area contributed by atoms with Gasteiger partial charge in [0.15, 0.2) is 0 Å². The van der Waals surface area contributed by atoms with Crippen LogP contribution in [0.3, 0.4) is 0 Å². The van der Waals surface area contributed by atoms with Gasteiger partial charge in [-0.2, -0.15) is 0 Å². The van der Waals surface area contributed by atoms with Crippen LogP contribution in [-0.2, 0) is 11.3 Å². The van der Waals surface area contributed by atoms with Crippen molar-refractivity contribution < 1.29 is 4.79 Å². The Balaban J connectivity index is 2.22. The minimum Gasteiger partial charge on any atom is -0.354 e. The van der Waals surface area contributed by atoms with E-state index < -0.39 is 11.7 Å². The second-order valence-electron chi connectivity index (χ2n) is 8.11. The number of nitrogens with one attached hydrogen (secondary N) is 1. The van der Waals surface area contributed by atoms with Crippen molar-refractivity contribution in [2.75, 3.05) is 6.54 Å². The van der Waals surface area contributed by atoms with Gasteiger partial charge >= 0.3 is 5.69 Å². The van der Waals surface area contributed by atoms with Crippen molar-refractivity contribution in [3.05, 3.63) is 80.5 Å². The first kappa shape index (κ1) is 21.6. The second-order valence-corrected chi connectivity index (χ2v) is 8.11. The third-order valence-corrected chi connectivity index (χ3v) is 5.19. The maximum absolute atomic E-state index is 13.5. The lowest BCUT2D eigenvalue weighted by molar-refractivity contribution is -0.124. The van der Waals surface area contributed by atoms with E-state index in [1.165, 1.54) is 9.13 Å².